The zero-order valence-corrected chi connectivity index (χ0v) is 18.8. The molecular weight excluding hydrogens is 374 g/mol. The lowest BCUT2D eigenvalue weighted by Crippen LogP contribution is -2.49. The Hall–Kier alpha value is -2.07. The van der Waals surface area contributed by atoms with Crippen molar-refractivity contribution in [3.8, 4) is 5.75 Å². The number of nitrogens with zero attached hydrogens (tertiary/aromatic N) is 1. The lowest BCUT2D eigenvalue weighted by atomic mass is 9.72. The summed E-state index contributed by atoms with van der Waals surface area (Å²) in [5.74, 6) is 0.899. The molecule has 1 saturated heterocycles. The minimum absolute atomic E-state index is 0.203. The fraction of sp³-hybridized carbons (Fsp3) is 0.577. The van der Waals surface area contributed by atoms with Crippen LogP contribution in [0.4, 0.5) is 0 Å². The molecule has 0 amide bonds. The Balaban J connectivity index is 1.40. The fourth-order valence-corrected chi connectivity index (χ4v) is 5.08. The van der Waals surface area contributed by atoms with Crippen molar-refractivity contribution < 1.29 is 14.6 Å². The van der Waals surface area contributed by atoms with E-state index in [1.807, 2.05) is 0 Å². The Bertz CT molecular complexity index is 916. The van der Waals surface area contributed by atoms with Crippen molar-refractivity contribution in [1.82, 2.24) is 4.90 Å². The normalized spacial score (nSPS) is 23.3. The van der Waals surface area contributed by atoms with E-state index in [2.05, 4.69) is 62.9 Å². The first-order valence-corrected chi connectivity index (χ1v) is 11.3. The van der Waals surface area contributed by atoms with Crippen molar-refractivity contribution in [3.63, 3.8) is 0 Å². The number of ether oxygens (including phenoxy) is 1. The van der Waals surface area contributed by atoms with Crippen molar-refractivity contribution >= 4 is 16.7 Å². The molecule has 2 aromatic rings. The van der Waals surface area contributed by atoms with Crippen LogP contribution in [0.25, 0.3) is 10.8 Å². The minimum atomic E-state index is -0.681. The molecule has 0 aromatic heterocycles. The predicted molar refractivity (Wildman–Crippen MR) is 121 cm³/mol. The van der Waals surface area contributed by atoms with Gasteiger partial charge < -0.3 is 9.84 Å². The lowest BCUT2D eigenvalue weighted by molar-refractivity contribution is -0.147. The molecule has 1 aliphatic carbocycles. The number of likely N-dealkylation sites (tertiary alicyclic amines) is 1. The van der Waals surface area contributed by atoms with Gasteiger partial charge in [0.2, 0.25) is 0 Å². The van der Waals surface area contributed by atoms with Crippen molar-refractivity contribution in [2.24, 2.45) is 17.3 Å². The highest BCUT2D eigenvalue weighted by atomic mass is 16.5. The molecule has 2 aliphatic rings. The van der Waals surface area contributed by atoms with Gasteiger partial charge in [-0.2, -0.15) is 0 Å². The van der Waals surface area contributed by atoms with E-state index in [9.17, 15) is 4.79 Å². The van der Waals surface area contributed by atoms with Crippen LogP contribution in [0.2, 0.25) is 0 Å². The summed E-state index contributed by atoms with van der Waals surface area (Å²) in [6.07, 6.45) is 5.12. The first-order chi connectivity index (χ1) is 14.2. The molecule has 0 spiro atoms. The zero-order chi connectivity index (χ0) is 21.5. The second-order valence-corrected chi connectivity index (χ2v) is 10.5. The second-order valence-electron chi connectivity index (χ2n) is 10.5. The van der Waals surface area contributed by atoms with Crippen LogP contribution in [0.1, 0.15) is 57.6 Å². The van der Waals surface area contributed by atoms with Crippen LogP contribution in [0.3, 0.4) is 0 Å². The number of hydrogen-bond donors (Lipinski definition) is 1. The number of aliphatic carboxylic acids is 1. The number of fused-ring (bicyclic) bond motifs is 1. The molecule has 1 aliphatic heterocycles. The third-order valence-electron chi connectivity index (χ3n) is 7.11. The SMILES string of the molecule is Cc1cc(O[C@H]2CC[C@H](C(C)(C)C)CC2)cc2ccc(CN3CC(C(=O)O)C3)cc12. The van der Waals surface area contributed by atoms with E-state index in [4.69, 9.17) is 9.84 Å². The maximum Gasteiger partial charge on any atom is 0.309 e. The summed E-state index contributed by atoms with van der Waals surface area (Å²) >= 11 is 0. The highest BCUT2D eigenvalue weighted by Crippen LogP contribution is 2.39. The summed E-state index contributed by atoms with van der Waals surface area (Å²) in [4.78, 5) is 13.2. The van der Waals surface area contributed by atoms with Gasteiger partial charge in [0.25, 0.3) is 0 Å². The molecule has 1 heterocycles. The van der Waals surface area contributed by atoms with Gasteiger partial charge in [-0.05, 0) is 84.0 Å². The smallest absolute Gasteiger partial charge is 0.309 e. The summed E-state index contributed by atoms with van der Waals surface area (Å²) < 4.78 is 6.40. The van der Waals surface area contributed by atoms with Gasteiger partial charge in [0.05, 0.1) is 12.0 Å². The molecule has 0 unspecified atom stereocenters. The van der Waals surface area contributed by atoms with E-state index in [1.54, 1.807) is 0 Å². The van der Waals surface area contributed by atoms with Gasteiger partial charge in [-0.15, -0.1) is 0 Å². The summed E-state index contributed by atoms with van der Waals surface area (Å²) in [6.45, 7) is 11.3. The first kappa shape index (κ1) is 21.2. The predicted octanol–water partition coefficient (Wildman–Crippen LogP) is 5.65. The van der Waals surface area contributed by atoms with Crippen molar-refractivity contribution in [3.05, 3.63) is 41.5 Å². The summed E-state index contributed by atoms with van der Waals surface area (Å²) in [6, 6.07) is 10.9. The lowest BCUT2D eigenvalue weighted by Gasteiger charge is -2.37. The van der Waals surface area contributed by atoms with Crippen molar-refractivity contribution in [1.29, 1.82) is 0 Å². The Kier molecular flexibility index (Phi) is 5.80. The quantitative estimate of drug-likeness (QED) is 0.693. The van der Waals surface area contributed by atoms with Crippen molar-refractivity contribution in [2.75, 3.05) is 13.1 Å². The molecule has 162 valence electrons. The number of aryl methyl sites for hydroxylation is 1. The Morgan fingerprint density at radius 3 is 2.43 bits per heavy atom. The summed E-state index contributed by atoms with van der Waals surface area (Å²) in [5.41, 5.74) is 2.87. The number of carboxylic acids is 1. The van der Waals surface area contributed by atoms with Crippen LogP contribution >= 0.6 is 0 Å². The monoisotopic (exact) mass is 409 g/mol. The molecule has 0 bridgehead atoms. The Labute approximate surface area is 180 Å². The van der Waals surface area contributed by atoms with E-state index in [0.717, 1.165) is 31.1 Å². The topological polar surface area (TPSA) is 49.8 Å². The maximum atomic E-state index is 11.0. The van der Waals surface area contributed by atoms with Crippen LogP contribution in [0, 0.1) is 24.2 Å². The molecule has 4 rings (SSSR count). The van der Waals surface area contributed by atoms with Gasteiger partial charge in [-0.1, -0.05) is 32.9 Å². The summed E-state index contributed by atoms with van der Waals surface area (Å²) in [5, 5.41) is 11.5. The van der Waals surface area contributed by atoms with Gasteiger partial charge in [-0.3, -0.25) is 9.69 Å². The van der Waals surface area contributed by atoms with E-state index < -0.39 is 5.97 Å². The Morgan fingerprint density at radius 2 is 1.80 bits per heavy atom. The molecule has 2 fully saturated rings. The van der Waals surface area contributed by atoms with E-state index >= 15 is 0 Å². The van der Waals surface area contributed by atoms with E-state index in [0.29, 0.717) is 24.6 Å². The fourth-order valence-electron chi connectivity index (χ4n) is 5.08. The van der Waals surface area contributed by atoms with Gasteiger partial charge in [0.1, 0.15) is 5.75 Å². The third-order valence-corrected chi connectivity index (χ3v) is 7.11. The maximum absolute atomic E-state index is 11.0. The van der Waals surface area contributed by atoms with Crippen LogP contribution in [-0.4, -0.2) is 35.2 Å². The number of carboxylic acid groups (broad SMARTS) is 1. The van der Waals surface area contributed by atoms with Crippen LogP contribution in [-0.2, 0) is 11.3 Å². The van der Waals surface area contributed by atoms with Crippen LogP contribution in [0.15, 0.2) is 30.3 Å². The van der Waals surface area contributed by atoms with Crippen LogP contribution in [0.5, 0.6) is 5.75 Å². The third kappa shape index (κ3) is 4.64. The average molecular weight is 410 g/mol. The number of benzene rings is 2. The largest absolute Gasteiger partial charge is 0.490 e. The molecule has 4 heteroatoms. The molecule has 2 aromatic carbocycles. The highest BCUT2D eigenvalue weighted by molar-refractivity contribution is 5.87. The molecule has 1 N–H and O–H groups in total. The second kappa shape index (κ2) is 8.22. The van der Waals surface area contributed by atoms with Gasteiger partial charge in [-0.25, -0.2) is 0 Å². The molecule has 0 atom stereocenters. The highest BCUT2D eigenvalue weighted by Gasteiger charge is 2.32. The molecule has 1 saturated carbocycles. The minimum Gasteiger partial charge on any atom is -0.490 e. The van der Waals surface area contributed by atoms with Crippen molar-refractivity contribution in [2.45, 2.75) is 66.0 Å². The van der Waals surface area contributed by atoms with Crippen LogP contribution < -0.4 is 4.74 Å². The zero-order valence-electron chi connectivity index (χ0n) is 18.8. The molecule has 4 nitrogen and oxygen atoms in total. The van der Waals surface area contributed by atoms with Gasteiger partial charge in [0.15, 0.2) is 0 Å². The number of rotatable bonds is 5. The molecule has 0 radical (unpaired) electrons. The summed E-state index contributed by atoms with van der Waals surface area (Å²) in [7, 11) is 0. The number of carbonyl (C=O) groups is 1. The van der Waals surface area contributed by atoms with E-state index in [-0.39, 0.29) is 5.92 Å². The average Bonchev–Trinajstić information content (AvgIpc) is 2.64. The van der Waals surface area contributed by atoms with E-state index in [1.165, 1.54) is 34.7 Å². The first-order valence-electron chi connectivity index (χ1n) is 11.3. The Morgan fingerprint density at radius 1 is 1.10 bits per heavy atom. The van der Waals surface area contributed by atoms with Gasteiger partial charge in [0, 0.05) is 19.6 Å². The van der Waals surface area contributed by atoms with Gasteiger partial charge >= 0.3 is 5.97 Å². The standard InChI is InChI=1S/C26H35NO3/c1-17-11-23(30-22-9-7-21(8-10-22)26(2,3)4)13-19-6-5-18(12-24(17)19)14-27-15-20(16-27)25(28)29/h5-6,11-13,20-22H,7-10,14-16H2,1-4H3,(H,28,29)/t21-,22-. The molecular formula is C26H35NO3. The number of hydrogen-bond acceptors (Lipinski definition) is 3. The molecule has 30 heavy (non-hydrogen) atoms.